The Hall–Kier alpha value is -4.02. The Bertz CT molecular complexity index is 2300. The van der Waals surface area contributed by atoms with Crippen molar-refractivity contribution in [2.75, 3.05) is 5.32 Å². The molecule has 0 saturated carbocycles. The van der Waals surface area contributed by atoms with E-state index in [9.17, 15) is 31.0 Å². The molecule has 0 aliphatic carbocycles. The van der Waals surface area contributed by atoms with Crippen molar-refractivity contribution in [2.24, 2.45) is 20.5 Å². The van der Waals surface area contributed by atoms with Crippen LogP contribution in [0, 0.1) is 27.7 Å². The van der Waals surface area contributed by atoms with E-state index in [0.717, 1.165) is 5.69 Å². The maximum atomic E-state index is 12.4. The Balaban J connectivity index is 0.00000500. The molecule has 0 spiro atoms. The molecule has 0 aliphatic rings. The molecule has 0 unspecified atom stereocenters. The monoisotopic (exact) mass is 682 g/mol. The van der Waals surface area contributed by atoms with Gasteiger partial charge in [-0.05, 0) is 110 Å². The molecule has 47 heavy (non-hydrogen) atoms. The van der Waals surface area contributed by atoms with Crippen molar-refractivity contribution in [1.29, 1.82) is 0 Å². The van der Waals surface area contributed by atoms with Crippen LogP contribution in [-0.4, -0.2) is 31.0 Å². The molecule has 0 amide bonds. The molecule has 0 heterocycles. The third-order valence-corrected chi connectivity index (χ3v) is 8.84. The summed E-state index contributed by atoms with van der Waals surface area (Å²) in [6, 6.07) is 21.7. The van der Waals surface area contributed by atoms with E-state index in [1.807, 2.05) is 30.3 Å². The molecular formula is C32H29N5NaO7S2+. The van der Waals surface area contributed by atoms with Gasteiger partial charge in [0.2, 0.25) is 0 Å². The van der Waals surface area contributed by atoms with Gasteiger partial charge in [0.1, 0.15) is 21.2 Å². The summed E-state index contributed by atoms with van der Waals surface area (Å²) >= 11 is 0. The van der Waals surface area contributed by atoms with E-state index in [0.29, 0.717) is 50.1 Å². The van der Waals surface area contributed by atoms with Gasteiger partial charge in [0.05, 0.1) is 11.4 Å². The smallest absolute Gasteiger partial charge is 0.505 e. The fourth-order valence-corrected chi connectivity index (χ4v) is 6.30. The summed E-state index contributed by atoms with van der Waals surface area (Å²) in [7, 11) is -9.38. The van der Waals surface area contributed by atoms with Crippen LogP contribution in [0.2, 0.25) is 0 Å². The summed E-state index contributed by atoms with van der Waals surface area (Å²) in [5, 5.41) is 31.4. The molecule has 0 bridgehead atoms. The number of rotatable bonds is 8. The van der Waals surface area contributed by atoms with Crippen LogP contribution in [-0.2, 0) is 20.2 Å². The van der Waals surface area contributed by atoms with Gasteiger partial charge in [0.25, 0.3) is 20.2 Å². The van der Waals surface area contributed by atoms with Gasteiger partial charge in [0, 0.05) is 16.8 Å². The molecule has 15 heteroatoms. The van der Waals surface area contributed by atoms with E-state index in [1.165, 1.54) is 12.1 Å². The first kappa shape index (κ1) is 35.8. The van der Waals surface area contributed by atoms with Gasteiger partial charge in [-0.15, -0.1) is 10.2 Å². The molecule has 5 aromatic carbocycles. The van der Waals surface area contributed by atoms with E-state index in [-0.39, 0.29) is 40.1 Å². The maximum Gasteiger partial charge on any atom is 1.00 e. The van der Waals surface area contributed by atoms with E-state index in [2.05, 4.69) is 25.8 Å². The number of fused-ring (bicyclic) bond motifs is 1. The second-order valence-electron chi connectivity index (χ2n) is 10.7. The Morgan fingerprint density at radius 3 is 1.72 bits per heavy atom. The van der Waals surface area contributed by atoms with Crippen molar-refractivity contribution >= 4 is 65.1 Å². The normalized spacial score (nSPS) is 12.1. The summed E-state index contributed by atoms with van der Waals surface area (Å²) in [4.78, 5) is -0.983. The summed E-state index contributed by atoms with van der Waals surface area (Å²) < 4.78 is 68.3. The third kappa shape index (κ3) is 8.11. The number of hydrogen-bond acceptors (Lipinski definition) is 10. The number of aryl methyl sites for hydroxylation is 4. The zero-order valence-electron chi connectivity index (χ0n) is 26.1. The van der Waals surface area contributed by atoms with Crippen molar-refractivity contribution in [3.63, 3.8) is 0 Å². The Kier molecular flexibility index (Phi) is 10.7. The second kappa shape index (κ2) is 14.0. The fourth-order valence-electron chi connectivity index (χ4n) is 4.87. The first-order chi connectivity index (χ1) is 21.6. The van der Waals surface area contributed by atoms with Gasteiger partial charge in [-0.1, -0.05) is 24.3 Å². The number of benzene rings is 5. The Morgan fingerprint density at radius 1 is 0.596 bits per heavy atom. The van der Waals surface area contributed by atoms with Crippen LogP contribution in [0.3, 0.4) is 0 Å². The topological polar surface area (TPSA) is 190 Å². The van der Waals surface area contributed by atoms with E-state index in [1.54, 1.807) is 64.1 Å². The number of hydrogen-bond donors (Lipinski definition) is 4. The zero-order valence-corrected chi connectivity index (χ0v) is 29.7. The number of nitrogens with one attached hydrogen (secondary N) is 1. The minimum atomic E-state index is -4.82. The van der Waals surface area contributed by atoms with E-state index in [4.69, 9.17) is 0 Å². The van der Waals surface area contributed by atoms with Gasteiger partial charge in [-0.25, -0.2) is 0 Å². The van der Waals surface area contributed by atoms with Crippen LogP contribution in [0.5, 0.6) is 5.75 Å². The third-order valence-electron chi connectivity index (χ3n) is 7.11. The van der Waals surface area contributed by atoms with Crippen molar-refractivity contribution in [1.82, 2.24) is 0 Å². The predicted octanol–water partition coefficient (Wildman–Crippen LogP) is 5.85. The molecule has 12 nitrogen and oxygen atoms in total. The zero-order chi connectivity index (χ0) is 33.4. The summed E-state index contributed by atoms with van der Waals surface area (Å²) in [6.45, 7) is 6.75. The maximum absolute atomic E-state index is 12.4. The molecule has 0 fully saturated rings. The minimum Gasteiger partial charge on any atom is -0.505 e. The molecular weight excluding hydrogens is 654 g/mol. The minimum absolute atomic E-state index is 0. The molecule has 0 saturated heterocycles. The van der Waals surface area contributed by atoms with E-state index >= 15 is 0 Å². The van der Waals surface area contributed by atoms with Crippen molar-refractivity contribution in [3.8, 4) is 5.75 Å². The van der Waals surface area contributed by atoms with E-state index < -0.39 is 36.6 Å². The molecule has 0 aliphatic heterocycles. The quantitative estimate of drug-likeness (QED) is 0.0890. The number of phenols is 1. The summed E-state index contributed by atoms with van der Waals surface area (Å²) in [5.74, 6) is -0.483. The standard InChI is InChI=1S/C32H29N5O7S2.Na/c1-18-12-21(4)30(28(13-18)45(39,40)41)36-34-26-14-20(3)27(15-19(26)2)35-37-31-29(46(42,43)44)17-22-16-24(10-11-25(22)32(31)38)33-23-8-6-5-7-9-23;/h5-17,33,38H,1-4H3,(H,39,40,41)(H,42,43,44);/q;+1. The number of anilines is 2. The number of nitrogens with zero attached hydrogens (tertiary/aromatic N) is 4. The molecule has 5 aromatic rings. The van der Waals surface area contributed by atoms with Gasteiger partial charge in [0.15, 0.2) is 5.75 Å². The van der Waals surface area contributed by atoms with Crippen LogP contribution in [0.15, 0.2) is 109 Å². The van der Waals surface area contributed by atoms with Crippen molar-refractivity contribution in [2.45, 2.75) is 37.5 Å². The summed E-state index contributed by atoms with van der Waals surface area (Å²) in [5.41, 5.74) is 3.93. The van der Waals surface area contributed by atoms with Crippen LogP contribution < -0.4 is 34.9 Å². The van der Waals surface area contributed by atoms with Crippen LogP contribution in [0.1, 0.15) is 22.3 Å². The largest absolute Gasteiger partial charge is 1.00 e. The van der Waals surface area contributed by atoms with Crippen LogP contribution in [0.25, 0.3) is 10.8 Å². The number of phenolic OH excluding ortho intramolecular Hbond substituents is 1. The average molecular weight is 683 g/mol. The number of azo groups is 2. The van der Waals surface area contributed by atoms with Crippen LogP contribution >= 0.6 is 0 Å². The average Bonchev–Trinajstić information content (AvgIpc) is 2.97. The molecule has 5 rings (SSSR count). The van der Waals surface area contributed by atoms with Crippen LogP contribution in [0.4, 0.5) is 34.1 Å². The van der Waals surface area contributed by atoms with Gasteiger partial charge >= 0.3 is 29.6 Å². The van der Waals surface area contributed by atoms with Gasteiger partial charge < -0.3 is 10.4 Å². The Labute approximate surface area is 294 Å². The fraction of sp³-hybridized carbons (Fsp3) is 0.125. The number of para-hydroxylation sites is 1. The SMILES string of the molecule is Cc1cc(C)c(N=Nc2cc(C)c(N=Nc3c(S(=O)(=O)O)cc4cc(Nc5ccccc5)ccc4c3O)cc2C)c(S(=O)(=O)O)c1.[Na+]. The van der Waals surface area contributed by atoms with Crippen molar-refractivity contribution in [3.05, 3.63) is 101 Å². The van der Waals surface area contributed by atoms with Gasteiger partial charge in [-0.3, -0.25) is 9.11 Å². The second-order valence-corrected chi connectivity index (χ2v) is 13.5. The van der Waals surface area contributed by atoms with Crippen molar-refractivity contribution < 1.29 is 60.6 Å². The molecule has 4 N–H and O–H groups in total. The molecule has 0 radical (unpaired) electrons. The first-order valence-electron chi connectivity index (χ1n) is 13.7. The van der Waals surface area contributed by atoms with Gasteiger partial charge in [-0.2, -0.15) is 27.1 Å². The molecule has 236 valence electrons. The predicted molar refractivity (Wildman–Crippen MR) is 175 cm³/mol. The summed E-state index contributed by atoms with van der Waals surface area (Å²) in [6.07, 6.45) is 0. The Morgan fingerprint density at radius 2 is 1.15 bits per heavy atom. The first-order valence-corrected chi connectivity index (χ1v) is 16.6. The molecule has 0 atom stereocenters. The molecule has 0 aromatic heterocycles. The number of aromatic hydroxyl groups is 1.